The van der Waals surface area contributed by atoms with Gasteiger partial charge < -0.3 is 0 Å². The van der Waals surface area contributed by atoms with Crippen molar-refractivity contribution in [2.75, 3.05) is 0 Å². The Hall–Kier alpha value is -2.73. The largest absolute Gasteiger partial charge is 0.284 e. The van der Waals surface area contributed by atoms with Gasteiger partial charge in [0.1, 0.15) is 0 Å². The molecule has 3 heterocycles. The number of rotatable bonds is 2. The van der Waals surface area contributed by atoms with Crippen LogP contribution in [0.5, 0.6) is 0 Å². The monoisotopic (exact) mass is 379 g/mol. The zero-order valence-electron chi connectivity index (χ0n) is 14.7. The predicted molar refractivity (Wildman–Crippen MR) is 105 cm³/mol. The fourth-order valence-electron chi connectivity index (χ4n) is 3.87. The molecule has 136 valence electrons. The molecule has 1 fully saturated rings. The van der Waals surface area contributed by atoms with Gasteiger partial charge in [-0.05, 0) is 43.2 Å². The summed E-state index contributed by atoms with van der Waals surface area (Å²) in [5.74, 6) is 1.79. The topological polar surface area (TPSA) is 65.1 Å². The summed E-state index contributed by atoms with van der Waals surface area (Å²) < 4.78 is 3.29. The summed E-state index contributed by atoms with van der Waals surface area (Å²) in [6, 6.07) is 9.06. The Morgan fingerprint density at radius 3 is 2.59 bits per heavy atom. The molecule has 0 saturated heterocycles. The average Bonchev–Trinajstić information content (AvgIpc) is 3.15. The summed E-state index contributed by atoms with van der Waals surface area (Å²) in [6.45, 7) is 0. The molecule has 0 spiro atoms. The molecule has 0 bridgehead atoms. The van der Waals surface area contributed by atoms with Gasteiger partial charge in [-0.25, -0.2) is 4.98 Å². The zero-order chi connectivity index (χ0) is 18.4. The van der Waals surface area contributed by atoms with Gasteiger partial charge in [0.2, 0.25) is 0 Å². The Bertz CT molecular complexity index is 1190. The Morgan fingerprint density at radius 1 is 1.04 bits per heavy atom. The number of fused-ring (bicyclic) bond motifs is 3. The van der Waals surface area contributed by atoms with E-state index in [1.54, 1.807) is 33.6 Å². The lowest BCUT2D eigenvalue weighted by molar-refractivity contribution is 0.429. The first kappa shape index (κ1) is 16.4. The van der Waals surface area contributed by atoms with E-state index in [0.29, 0.717) is 22.1 Å². The molecule has 0 aliphatic heterocycles. The van der Waals surface area contributed by atoms with E-state index in [0.717, 1.165) is 29.9 Å². The molecule has 27 heavy (non-hydrogen) atoms. The second kappa shape index (κ2) is 6.46. The highest BCUT2D eigenvalue weighted by Gasteiger charge is 2.21. The second-order valence-electron chi connectivity index (χ2n) is 7.04. The van der Waals surface area contributed by atoms with E-state index in [4.69, 9.17) is 16.7 Å². The van der Waals surface area contributed by atoms with Crippen LogP contribution in [0.15, 0.2) is 47.5 Å². The number of benzene rings is 1. The summed E-state index contributed by atoms with van der Waals surface area (Å²) in [7, 11) is 0. The van der Waals surface area contributed by atoms with Gasteiger partial charge in [0, 0.05) is 29.0 Å². The smallest absolute Gasteiger partial charge is 0.266 e. The molecule has 3 aromatic heterocycles. The molecular formula is C20H18ClN5O. The summed E-state index contributed by atoms with van der Waals surface area (Å²) in [5.41, 5.74) is 1.34. The molecule has 6 nitrogen and oxygen atoms in total. The van der Waals surface area contributed by atoms with E-state index in [1.807, 2.05) is 18.2 Å². The maximum Gasteiger partial charge on any atom is 0.266 e. The fraction of sp³-hybridized carbons (Fsp3) is 0.300. The lowest BCUT2D eigenvalue weighted by atomic mass is 9.89. The van der Waals surface area contributed by atoms with Crippen molar-refractivity contribution in [2.45, 2.75) is 38.0 Å². The summed E-state index contributed by atoms with van der Waals surface area (Å²) in [6.07, 6.45) is 9.33. The number of nitrogens with zero attached hydrogens (tertiary/aromatic N) is 5. The van der Waals surface area contributed by atoms with Crippen molar-refractivity contribution in [2.24, 2.45) is 0 Å². The standard InChI is InChI=1S/C20H18ClN5O/c21-14-6-8-15(9-7-14)25-11-10-17-16(19(25)27)12-22-20-23-18(24-26(17)20)13-4-2-1-3-5-13/h6-13H,1-5H2. The van der Waals surface area contributed by atoms with Crippen LogP contribution in [0.2, 0.25) is 5.02 Å². The van der Waals surface area contributed by atoms with E-state index in [1.165, 1.54) is 19.3 Å². The van der Waals surface area contributed by atoms with Crippen molar-refractivity contribution < 1.29 is 0 Å². The molecule has 1 aliphatic carbocycles. The van der Waals surface area contributed by atoms with Crippen LogP contribution in [0.4, 0.5) is 0 Å². The number of hydrogen-bond donors (Lipinski definition) is 0. The van der Waals surface area contributed by atoms with E-state index < -0.39 is 0 Å². The number of halogens is 1. The lowest BCUT2D eigenvalue weighted by Crippen LogP contribution is -2.18. The first-order valence-corrected chi connectivity index (χ1v) is 9.61. The predicted octanol–water partition coefficient (Wildman–Crippen LogP) is 4.13. The molecule has 0 unspecified atom stereocenters. The quantitative estimate of drug-likeness (QED) is 0.525. The summed E-state index contributed by atoms with van der Waals surface area (Å²) in [4.78, 5) is 22.0. The van der Waals surface area contributed by atoms with Crippen molar-refractivity contribution >= 4 is 28.3 Å². The Balaban J connectivity index is 1.65. The molecule has 7 heteroatoms. The van der Waals surface area contributed by atoms with Crippen molar-refractivity contribution in [1.29, 1.82) is 0 Å². The molecular weight excluding hydrogens is 362 g/mol. The van der Waals surface area contributed by atoms with Crippen molar-refractivity contribution in [3.8, 4) is 5.69 Å². The Labute approximate surface area is 160 Å². The van der Waals surface area contributed by atoms with Crippen LogP contribution >= 0.6 is 11.6 Å². The first-order chi connectivity index (χ1) is 13.2. The number of aromatic nitrogens is 5. The lowest BCUT2D eigenvalue weighted by Gasteiger charge is -2.17. The zero-order valence-corrected chi connectivity index (χ0v) is 15.4. The molecule has 0 N–H and O–H groups in total. The highest BCUT2D eigenvalue weighted by Crippen LogP contribution is 2.31. The van der Waals surface area contributed by atoms with E-state index >= 15 is 0 Å². The Kier molecular flexibility index (Phi) is 3.93. The van der Waals surface area contributed by atoms with E-state index in [2.05, 4.69) is 9.97 Å². The number of hydrogen-bond acceptors (Lipinski definition) is 4. The van der Waals surface area contributed by atoms with Gasteiger partial charge >= 0.3 is 0 Å². The van der Waals surface area contributed by atoms with Crippen LogP contribution in [0.3, 0.4) is 0 Å². The van der Waals surface area contributed by atoms with Crippen molar-refractivity contribution in [1.82, 2.24) is 24.1 Å². The molecule has 1 aliphatic rings. The highest BCUT2D eigenvalue weighted by atomic mass is 35.5. The molecule has 0 atom stereocenters. The van der Waals surface area contributed by atoms with Crippen molar-refractivity contribution in [3.05, 3.63) is 63.9 Å². The van der Waals surface area contributed by atoms with Crippen LogP contribution in [-0.4, -0.2) is 24.1 Å². The normalized spacial score (nSPS) is 15.6. The Morgan fingerprint density at radius 2 is 1.81 bits per heavy atom. The third kappa shape index (κ3) is 2.80. The van der Waals surface area contributed by atoms with Crippen LogP contribution in [0.25, 0.3) is 22.4 Å². The van der Waals surface area contributed by atoms with Gasteiger partial charge in [-0.3, -0.25) is 9.36 Å². The maximum atomic E-state index is 13.0. The van der Waals surface area contributed by atoms with Gasteiger partial charge in [0.15, 0.2) is 5.82 Å². The SMILES string of the molecule is O=c1c2cnc3nc(C4CCCCC4)nn3c2ccn1-c1ccc(Cl)cc1. The third-order valence-electron chi connectivity index (χ3n) is 5.33. The summed E-state index contributed by atoms with van der Waals surface area (Å²) >= 11 is 5.95. The molecule has 5 rings (SSSR count). The molecule has 0 radical (unpaired) electrons. The molecule has 1 saturated carbocycles. The van der Waals surface area contributed by atoms with Crippen molar-refractivity contribution in [3.63, 3.8) is 0 Å². The number of pyridine rings is 1. The second-order valence-corrected chi connectivity index (χ2v) is 7.48. The first-order valence-electron chi connectivity index (χ1n) is 9.24. The summed E-state index contributed by atoms with van der Waals surface area (Å²) in [5, 5.41) is 5.84. The van der Waals surface area contributed by atoms with Gasteiger partial charge in [0.25, 0.3) is 11.3 Å². The maximum absolute atomic E-state index is 13.0. The highest BCUT2D eigenvalue weighted by molar-refractivity contribution is 6.30. The van der Waals surface area contributed by atoms with Crippen LogP contribution in [0.1, 0.15) is 43.8 Å². The van der Waals surface area contributed by atoms with Crippen LogP contribution in [-0.2, 0) is 0 Å². The molecule has 1 aromatic carbocycles. The van der Waals surface area contributed by atoms with E-state index in [9.17, 15) is 4.79 Å². The van der Waals surface area contributed by atoms with Gasteiger partial charge in [-0.1, -0.05) is 30.9 Å². The van der Waals surface area contributed by atoms with E-state index in [-0.39, 0.29) is 5.56 Å². The molecule has 0 amide bonds. The molecule has 4 aromatic rings. The van der Waals surface area contributed by atoms with Gasteiger partial charge in [-0.15, -0.1) is 5.10 Å². The van der Waals surface area contributed by atoms with Gasteiger partial charge in [-0.2, -0.15) is 9.50 Å². The van der Waals surface area contributed by atoms with Crippen LogP contribution < -0.4 is 5.56 Å². The fourth-order valence-corrected chi connectivity index (χ4v) is 4.00. The average molecular weight is 380 g/mol. The third-order valence-corrected chi connectivity index (χ3v) is 5.58. The minimum absolute atomic E-state index is 0.140. The van der Waals surface area contributed by atoms with Crippen LogP contribution in [0, 0.1) is 0 Å². The van der Waals surface area contributed by atoms with Gasteiger partial charge in [0.05, 0.1) is 10.9 Å². The minimum atomic E-state index is -0.140. The minimum Gasteiger partial charge on any atom is -0.284 e.